The van der Waals surface area contributed by atoms with Crippen LogP contribution in [0.25, 0.3) is 6.08 Å². The third kappa shape index (κ3) is 6.27. The van der Waals surface area contributed by atoms with E-state index in [1.165, 1.54) is 22.5 Å². The summed E-state index contributed by atoms with van der Waals surface area (Å²) in [5, 5.41) is 2.30. The van der Waals surface area contributed by atoms with Crippen LogP contribution in [0.2, 0.25) is 0 Å². The van der Waals surface area contributed by atoms with Crippen LogP contribution in [0.5, 0.6) is 0 Å². The van der Waals surface area contributed by atoms with Gasteiger partial charge in [0.2, 0.25) is 15.9 Å². The van der Waals surface area contributed by atoms with Gasteiger partial charge in [0.1, 0.15) is 11.6 Å². The fourth-order valence-corrected chi connectivity index (χ4v) is 5.18. The van der Waals surface area contributed by atoms with Crippen LogP contribution in [0.1, 0.15) is 42.9 Å². The standard InChI is InChI=1S/C24H26F2N2O5S/c1-33-24(30)23(20-16-18(25)9-12-21(20)26)27-22(29)13-8-17-6-10-19(11-7-17)34(31,32)28-14-4-2-3-5-15-28/h6-13,16,23H,2-5,14-15H2,1H3,(H,27,29)/b13-8-/t23-/m0/s1. The highest BCUT2D eigenvalue weighted by atomic mass is 32.2. The van der Waals surface area contributed by atoms with Gasteiger partial charge in [-0.1, -0.05) is 25.0 Å². The molecule has 1 fully saturated rings. The van der Waals surface area contributed by atoms with Gasteiger partial charge in [-0.25, -0.2) is 22.0 Å². The number of ether oxygens (including phenoxy) is 1. The second-order valence-electron chi connectivity index (χ2n) is 7.85. The molecule has 7 nitrogen and oxygen atoms in total. The van der Waals surface area contributed by atoms with Crippen LogP contribution in [-0.4, -0.2) is 44.8 Å². The van der Waals surface area contributed by atoms with E-state index in [0.29, 0.717) is 18.7 Å². The van der Waals surface area contributed by atoms with Crippen molar-refractivity contribution in [3.63, 3.8) is 0 Å². The van der Waals surface area contributed by atoms with Crippen LogP contribution >= 0.6 is 0 Å². The Kier molecular flexibility index (Phi) is 8.51. The van der Waals surface area contributed by atoms with Crippen molar-refractivity contribution < 1.29 is 31.5 Å². The quantitative estimate of drug-likeness (QED) is 0.471. The number of nitrogens with zero attached hydrogens (tertiary/aromatic N) is 1. The summed E-state index contributed by atoms with van der Waals surface area (Å²) < 4.78 is 59.5. The summed E-state index contributed by atoms with van der Waals surface area (Å²) in [6, 6.07) is 7.06. The fourth-order valence-electron chi connectivity index (χ4n) is 3.66. The smallest absolute Gasteiger partial charge is 0.333 e. The summed E-state index contributed by atoms with van der Waals surface area (Å²) in [5.41, 5.74) is 0.174. The molecule has 0 bridgehead atoms. The van der Waals surface area contributed by atoms with Crippen LogP contribution in [-0.2, 0) is 24.3 Å². The molecule has 2 aromatic carbocycles. The molecule has 2 aromatic rings. The van der Waals surface area contributed by atoms with Crippen LogP contribution < -0.4 is 5.32 Å². The first-order valence-electron chi connectivity index (χ1n) is 10.8. The number of carbonyl (C=O) groups excluding carboxylic acids is 2. The minimum Gasteiger partial charge on any atom is -0.467 e. The number of benzene rings is 2. The maximum absolute atomic E-state index is 14.1. The molecule has 0 saturated carbocycles. The first kappa shape index (κ1) is 25.5. The van der Waals surface area contributed by atoms with Gasteiger partial charge in [0.05, 0.1) is 12.0 Å². The number of carbonyl (C=O) groups is 2. The maximum Gasteiger partial charge on any atom is 0.333 e. The molecule has 3 rings (SSSR count). The van der Waals surface area contributed by atoms with Crippen molar-refractivity contribution in [3.8, 4) is 0 Å². The topological polar surface area (TPSA) is 92.8 Å². The number of esters is 1. The summed E-state index contributed by atoms with van der Waals surface area (Å²) in [7, 11) is -2.52. The summed E-state index contributed by atoms with van der Waals surface area (Å²) in [6.07, 6.45) is 6.21. The number of rotatable bonds is 7. The third-order valence-corrected chi connectivity index (χ3v) is 7.42. The normalized spacial score (nSPS) is 16.1. The van der Waals surface area contributed by atoms with E-state index in [4.69, 9.17) is 0 Å². The van der Waals surface area contributed by atoms with Crippen LogP contribution in [0.15, 0.2) is 53.4 Å². The molecule has 0 aliphatic carbocycles. The van der Waals surface area contributed by atoms with E-state index >= 15 is 0 Å². The number of halogens is 2. The molecule has 34 heavy (non-hydrogen) atoms. The minimum atomic E-state index is -3.59. The maximum atomic E-state index is 14.1. The van der Waals surface area contributed by atoms with Crippen molar-refractivity contribution in [2.75, 3.05) is 20.2 Å². The zero-order valence-corrected chi connectivity index (χ0v) is 19.5. The van der Waals surface area contributed by atoms with Gasteiger partial charge >= 0.3 is 5.97 Å². The van der Waals surface area contributed by atoms with E-state index in [0.717, 1.165) is 57.1 Å². The van der Waals surface area contributed by atoms with Gasteiger partial charge in [-0.05, 0) is 54.8 Å². The minimum absolute atomic E-state index is 0.170. The molecular weight excluding hydrogens is 466 g/mol. The number of amides is 1. The Morgan fingerprint density at radius 1 is 1.03 bits per heavy atom. The number of hydrogen-bond donors (Lipinski definition) is 1. The van der Waals surface area contributed by atoms with Crippen molar-refractivity contribution in [1.29, 1.82) is 0 Å². The van der Waals surface area contributed by atoms with Crippen molar-refractivity contribution in [3.05, 3.63) is 71.3 Å². The van der Waals surface area contributed by atoms with E-state index in [2.05, 4.69) is 10.1 Å². The van der Waals surface area contributed by atoms with Gasteiger partial charge in [0.15, 0.2) is 6.04 Å². The molecule has 1 heterocycles. The molecule has 0 aromatic heterocycles. The number of hydrogen-bond acceptors (Lipinski definition) is 5. The van der Waals surface area contributed by atoms with Gasteiger partial charge in [-0.15, -0.1) is 0 Å². The molecule has 182 valence electrons. The average Bonchev–Trinajstić information content (AvgIpc) is 3.13. The Labute approximate surface area is 197 Å². The Balaban J connectivity index is 1.71. The van der Waals surface area contributed by atoms with E-state index in [9.17, 15) is 26.8 Å². The Morgan fingerprint density at radius 2 is 1.68 bits per heavy atom. The number of nitrogens with one attached hydrogen (secondary N) is 1. The van der Waals surface area contributed by atoms with Gasteiger partial charge < -0.3 is 10.1 Å². The van der Waals surface area contributed by atoms with Crippen LogP contribution in [0.3, 0.4) is 0 Å². The average molecular weight is 493 g/mol. The number of methoxy groups -OCH3 is 1. The van der Waals surface area contributed by atoms with E-state index in [1.54, 1.807) is 12.1 Å². The summed E-state index contributed by atoms with van der Waals surface area (Å²) in [5.74, 6) is -3.36. The predicted molar refractivity (Wildman–Crippen MR) is 122 cm³/mol. The Morgan fingerprint density at radius 3 is 2.29 bits per heavy atom. The molecule has 0 radical (unpaired) electrons. The lowest BCUT2D eigenvalue weighted by Crippen LogP contribution is -2.34. The van der Waals surface area contributed by atoms with Gasteiger partial charge in [-0.3, -0.25) is 4.79 Å². The highest BCUT2D eigenvalue weighted by molar-refractivity contribution is 7.89. The summed E-state index contributed by atoms with van der Waals surface area (Å²) >= 11 is 0. The third-order valence-electron chi connectivity index (χ3n) is 5.50. The first-order valence-corrected chi connectivity index (χ1v) is 12.3. The molecule has 1 aliphatic rings. The van der Waals surface area contributed by atoms with Gasteiger partial charge in [0.25, 0.3) is 0 Å². The van der Waals surface area contributed by atoms with Crippen LogP contribution in [0, 0.1) is 11.6 Å². The molecule has 0 spiro atoms. The highest BCUT2D eigenvalue weighted by Gasteiger charge is 2.27. The van der Waals surface area contributed by atoms with Crippen molar-refractivity contribution in [2.45, 2.75) is 36.6 Å². The SMILES string of the molecule is COC(=O)[C@@H](NC(=O)/C=C\c1ccc(S(=O)(=O)N2CCCCCC2)cc1)c1cc(F)ccc1F. The Hall–Kier alpha value is -3.11. The fraction of sp³-hybridized carbons (Fsp3) is 0.333. The zero-order valence-electron chi connectivity index (χ0n) is 18.7. The largest absolute Gasteiger partial charge is 0.467 e. The molecule has 1 atom stereocenters. The van der Waals surface area contributed by atoms with Crippen molar-refractivity contribution in [1.82, 2.24) is 9.62 Å². The van der Waals surface area contributed by atoms with Gasteiger partial charge in [0, 0.05) is 24.7 Å². The molecular formula is C24H26F2N2O5S. The lowest BCUT2D eigenvalue weighted by atomic mass is 10.1. The predicted octanol–water partition coefficient (Wildman–Crippen LogP) is 3.57. The van der Waals surface area contributed by atoms with E-state index in [1.807, 2.05) is 0 Å². The molecule has 1 N–H and O–H groups in total. The molecule has 0 unspecified atom stereocenters. The van der Waals surface area contributed by atoms with Crippen molar-refractivity contribution >= 4 is 28.0 Å². The highest BCUT2D eigenvalue weighted by Crippen LogP contribution is 2.22. The first-order chi connectivity index (χ1) is 16.2. The molecule has 10 heteroatoms. The van der Waals surface area contributed by atoms with E-state index < -0.39 is 39.6 Å². The van der Waals surface area contributed by atoms with Gasteiger partial charge in [-0.2, -0.15) is 4.31 Å². The monoisotopic (exact) mass is 492 g/mol. The second kappa shape index (κ2) is 11.3. The number of sulfonamides is 1. The summed E-state index contributed by atoms with van der Waals surface area (Å²) in [4.78, 5) is 24.6. The molecule has 1 aliphatic heterocycles. The second-order valence-corrected chi connectivity index (χ2v) is 9.79. The zero-order chi connectivity index (χ0) is 24.7. The molecule has 1 amide bonds. The Bertz CT molecular complexity index is 1160. The van der Waals surface area contributed by atoms with Crippen LogP contribution in [0.4, 0.5) is 8.78 Å². The van der Waals surface area contributed by atoms with E-state index in [-0.39, 0.29) is 10.5 Å². The lowest BCUT2D eigenvalue weighted by molar-refractivity contribution is -0.144. The summed E-state index contributed by atoms with van der Waals surface area (Å²) in [6.45, 7) is 0.995. The molecule has 1 saturated heterocycles. The lowest BCUT2D eigenvalue weighted by Gasteiger charge is -2.19. The van der Waals surface area contributed by atoms with Crippen molar-refractivity contribution in [2.24, 2.45) is 0 Å².